The molecule has 0 aliphatic carbocycles. The molecule has 0 spiro atoms. The van der Waals surface area contributed by atoms with Crippen molar-refractivity contribution < 1.29 is 13.6 Å². The molecule has 2 aromatic carbocycles. The van der Waals surface area contributed by atoms with E-state index in [1.165, 1.54) is 30.3 Å². The third-order valence-corrected chi connectivity index (χ3v) is 2.79. The minimum Gasteiger partial charge on any atom is -0.289 e. The number of rotatable bonds is 3. The van der Waals surface area contributed by atoms with Gasteiger partial charge in [-0.3, -0.25) is 4.79 Å². The van der Waals surface area contributed by atoms with Gasteiger partial charge in [0.2, 0.25) is 0 Å². The molecule has 0 bridgehead atoms. The predicted octanol–water partition coefficient (Wildman–Crippen LogP) is 4.51. The van der Waals surface area contributed by atoms with Gasteiger partial charge in [0.25, 0.3) is 0 Å². The number of carbonyl (C=O) groups excluding carboxylic acids is 1. The predicted molar refractivity (Wildman–Crippen MR) is 71.2 cm³/mol. The van der Waals surface area contributed by atoms with E-state index in [1.807, 2.05) is 0 Å². The van der Waals surface area contributed by atoms with Crippen LogP contribution in [0.15, 0.2) is 48.5 Å². The molecule has 0 N–H and O–H groups in total. The maximum atomic E-state index is 13.0. The maximum absolute atomic E-state index is 13.0. The molecule has 0 saturated heterocycles. The molecule has 1 nitrogen and oxygen atoms in total. The molecule has 4 heteroatoms. The van der Waals surface area contributed by atoms with Gasteiger partial charge in [-0.05, 0) is 42.0 Å². The molecule has 0 fully saturated rings. The van der Waals surface area contributed by atoms with Crippen LogP contribution >= 0.6 is 11.6 Å². The molecule has 96 valence electrons. The highest BCUT2D eigenvalue weighted by molar-refractivity contribution is 6.31. The van der Waals surface area contributed by atoms with Gasteiger partial charge in [-0.25, -0.2) is 8.78 Å². The summed E-state index contributed by atoms with van der Waals surface area (Å²) >= 11 is 5.60. The first-order chi connectivity index (χ1) is 9.06. The fourth-order valence-corrected chi connectivity index (χ4v) is 1.67. The minimum atomic E-state index is -0.569. The Morgan fingerprint density at radius 3 is 2.37 bits per heavy atom. The van der Waals surface area contributed by atoms with Crippen LogP contribution < -0.4 is 0 Å². The van der Waals surface area contributed by atoms with Crippen molar-refractivity contribution in [3.05, 3.63) is 76.3 Å². The van der Waals surface area contributed by atoms with Crippen molar-refractivity contribution in [1.82, 2.24) is 0 Å². The van der Waals surface area contributed by atoms with Crippen LogP contribution in [0.25, 0.3) is 6.08 Å². The summed E-state index contributed by atoms with van der Waals surface area (Å²) < 4.78 is 25.6. The van der Waals surface area contributed by atoms with Gasteiger partial charge >= 0.3 is 0 Å². The molecule has 0 aliphatic heterocycles. The highest BCUT2D eigenvalue weighted by atomic mass is 35.5. The summed E-state index contributed by atoms with van der Waals surface area (Å²) in [6.45, 7) is 0. The van der Waals surface area contributed by atoms with E-state index in [0.29, 0.717) is 11.1 Å². The van der Waals surface area contributed by atoms with Crippen molar-refractivity contribution in [2.24, 2.45) is 0 Å². The zero-order valence-electron chi connectivity index (χ0n) is 9.74. The van der Waals surface area contributed by atoms with Crippen LogP contribution in [0.2, 0.25) is 5.02 Å². The lowest BCUT2D eigenvalue weighted by atomic mass is 10.1. The SMILES string of the molecule is O=C(/C=C/c1ccc(F)cc1)c1ccc(F)c(Cl)c1. The molecular weight excluding hydrogens is 270 g/mol. The maximum Gasteiger partial charge on any atom is 0.185 e. The molecule has 0 aromatic heterocycles. The number of ketones is 1. The van der Waals surface area contributed by atoms with Gasteiger partial charge in [-0.1, -0.05) is 29.8 Å². The van der Waals surface area contributed by atoms with Gasteiger partial charge in [-0.15, -0.1) is 0 Å². The summed E-state index contributed by atoms with van der Waals surface area (Å²) in [6, 6.07) is 9.49. The average molecular weight is 279 g/mol. The summed E-state index contributed by atoms with van der Waals surface area (Å²) in [4.78, 5) is 11.8. The molecule has 0 unspecified atom stereocenters. The number of benzene rings is 2. The fourth-order valence-electron chi connectivity index (χ4n) is 1.49. The van der Waals surface area contributed by atoms with Crippen LogP contribution in [0.3, 0.4) is 0 Å². The molecule has 19 heavy (non-hydrogen) atoms. The molecule has 0 heterocycles. The van der Waals surface area contributed by atoms with Gasteiger partial charge in [0.15, 0.2) is 5.78 Å². The van der Waals surface area contributed by atoms with Crippen molar-refractivity contribution >= 4 is 23.5 Å². The second kappa shape index (κ2) is 5.76. The highest BCUT2D eigenvalue weighted by Crippen LogP contribution is 2.17. The zero-order valence-corrected chi connectivity index (χ0v) is 10.5. The molecule has 0 amide bonds. The van der Waals surface area contributed by atoms with Crippen molar-refractivity contribution in [2.75, 3.05) is 0 Å². The lowest BCUT2D eigenvalue weighted by Gasteiger charge is -1.98. The highest BCUT2D eigenvalue weighted by Gasteiger charge is 2.05. The van der Waals surface area contributed by atoms with E-state index < -0.39 is 5.82 Å². The molecule has 0 atom stereocenters. The number of allylic oxidation sites excluding steroid dienone is 1. The first-order valence-electron chi connectivity index (χ1n) is 5.49. The second-order valence-corrected chi connectivity index (χ2v) is 4.29. The molecule has 2 rings (SSSR count). The summed E-state index contributed by atoms with van der Waals surface area (Å²) in [5.41, 5.74) is 0.993. The second-order valence-electron chi connectivity index (χ2n) is 3.88. The Labute approximate surface area is 114 Å². The Kier molecular flexibility index (Phi) is 4.07. The lowest BCUT2D eigenvalue weighted by Crippen LogP contribution is -1.94. The van der Waals surface area contributed by atoms with E-state index >= 15 is 0 Å². The first kappa shape index (κ1) is 13.4. The Hall–Kier alpha value is -2.00. The number of halogens is 3. The van der Waals surface area contributed by atoms with Crippen LogP contribution in [-0.2, 0) is 0 Å². The molecule has 0 saturated carbocycles. The van der Waals surface area contributed by atoms with Crippen molar-refractivity contribution in [3.8, 4) is 0 Å². The van der Waals surface area contributed by atoms with Crippen LogP contribution in [0, 0.1) is 11.6 Å². The normalized spacial score (nSPS) is 10.9. The molecule has 0 aliphatic rings. The van der Waals surface area contributed by atoms with Gasteiger partial charge in [0.05, 0.1) is 5.02 Å². The summed E-state index contributed by atoms with van der Waals surface area (Å²) in [6.07, 6.45) is 2.88. The molecular formula is C15H9ClF2O. The van der Waals surface area contributed by atoms with E-state index in [2.05, 4.69) is 0 Å². The van der Waals surface area contributed by atoms with Crippen LogP contribution in [0.5, 0.6) is 0 Å². The monoisotopic (exact) mass is 278 g/mol. The van der Waals surface area contributed by atoms with Gasteiger partial charge in [0, 0.05) is 5.56 Å². The van der Waals surface area contributed by atoms with E-state index in [1.54, 1.807) is 18.2 Å². The standard InChI is InChI=1S/C15H9ClF2O/c16-13-9-11(4-7-14(13)18)15(19)8-3-10-1-5-12(17)6-2-10/h1-9H/b8-3+. The molecule has 0 radical (unpaired) electrons. The Balaban J connectivity index is 2.16. The quantitative estimate of drug-likeness (QED) is 0.596. The third-order valence-electron chi connectivity index (χ3n) is 2.50. The number of hydrogen-bond donors (Lipinski definition) is 0. The van der Waals surface area contributed by atoms with Crippen molar-refractivity contribution in [1.29, 1.82) is 0 Å². The van der Waals surface area contributed by atoms with E-state index in [9.17, 15) is 13.6 Å². The first-order valence-corrected chi connectivity index (χ1v) is 5.87. The lowest BCUT2D eigenvalue weighted by molar-refractivity contribution is 0.104. The number of carbonyl (C=O) groups is 1. The summed E-state index contributed by atoms with van der Waals surface area (Å²) in [5, 5.41) is -0.0963. The third kappa shape index (κ3) is 3.48. The molecule has 2 aromatic rings. The van der Waals surface area contributed by atoms with Crippen LogP contribution in [-0.4, -0.2) is 5.78 Å². The van der Waals surface area contributed by atoms with E-state index in [4.69, 9.17) is 11.6 Å². The van der Waals surface area contributed by atoms with E-state index in [-0.39, 0.29) is 16.6 Å². The fraction of sp³-hybridized carbons (Fsp3) is 0. The summed E-state index contributed by atoms with van der Waals surface area (Å²) in [7, 11) is 0. The average Bonchev–Trinajstić information content (AvgIpc) is 2.41. The van der Waals surface area contributed by atoms with Crippen LogP contribution in [0.4, 0.5) is 8.78 Å². The smallest absolute Gasteiger partial charge is 0.185 e. The topological polar surface area (TPSA) is 17.1 Å². The minimum absolute atomic E-state index is 0.0963. The van der Waals surface area contributed by atoms with Gasteiger partial charge in [-0.2, -0.15) is 0 Å². The van der Waals surface area contributed by atoms with Crippen molar-refractivity contribution in [3.63, 3.8) is 0 Å². The van der Waals surface area contributed by atoms with Crippen molar-refractivity contribution in [2.45, 2.75) is 0 Å². The van der Waals surface area contributed by atoms with Gasteiger partial charge in [0.1, 0.15) is 11.6 Å². The van der Waals surface area contributed by atoms with Gasteiger partial charge < -0.3 is 0 Å². The Morgan fingerprint density at radius 1 is 1.05 bits per heavy atom. The van der Waals surface area contributed by atoms with Crippen LogP contribution in [0.1, 0.15) is 15.9 Å². The largest absolute Gasteiger partial charge is 0.289 e. The Bertz CT molecular complexity index is 633. The Morgan fingerprint density at radius 2 is 1.74 bits per heavy atom. The van der Waals surface area contributed by atoms with E-state index in [0.717, 1.165) is 6.07 Å². The number of hydrogen-bond acceptors (Lipinski definition) is 1. The zero-order chi connectivity index (χ0) is 13.8. The summed E-state index contributed by atoms with van der Waals surface area (Å²) in [5.74, 6) is -1.21.